The maximum absolute atomic E-state index is 11.9. The molecule has 0 amide bonds. The predicted octanol–water partition coefficient (Wildman–Crippen LogP) is 2.47. The van der Waals surface area contributed by atoms with E-state index >= 15 is 0 Å². The van der Waals surface area contributed by atoms with Crippen molar-refractivity contribution in [1.82, 2.24) is 4.90 Å². The van der Waals surface area contributed by atoms with Gasteiger partial charge in [-0.2, -0.15) is 0 Å². The molecule has 0 radical (unpaired) electrons. The van der Waals surface area contributed by atoms with Gasteiger partial charge in [-0.3, -0.25) is 9.79 Å². The van der Waals surface area contributed by atoms with Gasteiger partial charge in [0.15, 0.2) is 5.17 Å². The molecule has 0 saturated heterocycles. The summed E-state index contributed by atoms with van der Waals surface area (Å²) in [5, 5.41) is 3.05. The smallest absolute Gasteiger partial charge is 0.312 e. The summed E-state index contributed by atoms with van der Waals surface area (Å²) in [6, 6.07) is 0.193. The Labute approximate surface area is 112 Å². The Morgan fingerprint density at radius 3 is 3.11 bits per heavy atom. The second kappa shape index (κ2) is 5.78. The van der Waals surface area contributed by atoms with Crippen molar-refractivity contribution in [1.29, 1.82) is 0 Å². The first-order chi connectivity index (χ1) is 8.63. The third kappa shape index (κ3) is 2.71. The van der Waals surface area contributed by atoms with Crippen LogP contribution in [0.2, 0.25) is 0 Å². The van der Waals surface area contributed by atoms with Gasteiger partial charge in [-0.15, -0.1) is 0 Å². The summed E-state index contributed by atoms with van der Waals surface area (Å²) in [6.45, 7) is 4.97. The van der Waals surface area contributed by atoms with E-state index in [9.17, 15) is 4.79 Å². The maximum atomic E-state index is 11.9. The Morgan fingerprint density at radius 1 is 1.67 bits per heavy atom. The Bertz CT molecular complexity index is 379. The third-order valence-corrected chi connectivity index (χ3v) is 4.21. The molecule has 2 heterocycles. The molecule has 0 saturated carbocycles. The molecule has 2 rings (SSSR count). The lowest BCUT2D eigenvalue weighted by molar-refractivity contribution is -0.147. The molecule has 5 heteroatoms. The van der Waals surface area contributed by atoms with Gasteiger partial charge < -0.3 is 9.64 Å². The molecule has 2 aliphatic rings. The van der Waals surface area contributed by atoms with E-state index in [1.807, 2.05) is 11.6 Å². The van der Waals surface area contributed by atoms with Gasteiger partial charge in [0.25, 0.3) is 0 Å². The van der Waals surface area contributed by atoms with Crippen LogP contribution in [0, 0.1) is 11.8 Å². The van der Waals surface area contributed by atoms with Gasteiger partial charge >= 0.3 is 5.97 Å². The number of ether oxygens (including phenoxy) is 1. The fraction of sp³-hybridized carbons (Fsp3) is 0.692. The second-order valence-corrected chi connectivity index (χ2v) is 5.97. The van der Waals surface area contributed by atoms with Gasteiger partial charge in [-0.05, 0) is 24.2 Å². The summed E-state index contributed by atoms with van der Waals surface area (Å²) in [6.07, 6.45) is 4.14. The molecule has 0 fully saturated rings. The Balaban J connectivity index is 2.13. The average molecular weight is 268 g/mol. The number of carbonyl (C=O) groups excluding carboxylic acids is 1. The van der Waals surface area contributed by atoms with Crippen molar-refractivity contribution in [2.75, 3.05) is 13.7 Å². The van der Waals surface area contributed by atoms with Crippen LogP contribution in [0.4, 0.5) is 0 Å². The first kappa shape index (κ1) is 13.5. The molecule has 4 nitrogen and oxygen atoms in total. The van der Waals surface area contributed by atoms with E-state index in [-0.39, 0.29) is 17.9 Å². The summed E-state index contributed by atoms with van der Waals surface area (Å²) >= 11 is 1.63. The van der Waals surface area contributed by atoms with Gasteiger partial charge in [-0.25, -0.2) is 0 Å². The van der Waals surface area contributed by atoms with Crippen molar-refractivity contribution in [3.05, 3.63) is 11.6 Å². The van der Waals surface area contributed by atoms with Crippen LogP contribution in [0.5, 0.6) is 0 Å². The zero-order chi connectivity index (χ0) is 13.1. The highest BCUT2D eigenvalue weighted by molar-refractivity contribution is 8.16. The summed E-state index contributed by atoms with van der Waals surface area (Å²) in [7, 11) is 1.45. The van der Waals surface area contributed by atoms with Gasteiger partial charge in [0.2, 0.25) is 0 Å². The topological polar surface area (TPSA) is 41.9 Å². The minimum Gasteiger partial charge on any atom is -0.469 e. The minimum atomic E-state index is -0.142. The number of esters is 1. The zero-order valence-electron chi connectivity index (χ0n) is 11.1. The number of carbonyl (C=O) groups is 1. The van der Waals surface area contributed by atoms with E-state index in [2.05, 4.69) is 23.7 Å². The molecular weight excluding hydrogens is 248 g/mol. The van der Waals surface area contributed by atoms with E-state index in [1.165, 1.54) is 7.11 Å². The van der Waals surface area contributed by atoms with Crippen LogP contribution in [0.1, 0.15) is 26.7 Å². The lowest BCUT2D eigenvalue weighted by Gasteiger charge is -2.36. The molecule has 18 heavy (non-hydrogen) atoms. The molecular formula is C13H20N2O2S. The van der Waals surface area contributed by atoms with Crippen molar-refractivity contribution in [3.8, 4) is 0 Å². The highest BCUT2D eigenvalue weighted by atomic mass is 32.2. The number of hydrogen-bond donors (Lipinski definition) is 0. The zero-order valence-corrected chi connectivity index (χ0v) is 11.9. The summed E-state index contributed by atoms with van der Waals surface area (Å²) in [5.41, 5.74) is 0. The number of hydrogen-bond acceptors (Lipinski definition) is 5. The predicted molar refractivity (Wildman–Crippen MR) is 74.2 cm³/mol. The van der Waals surface area contributed by atoms with Crippen LogP contribution >= 0.6 is 11.8 Å². The first-order valence-corrected chi connectivity index (χ1v) is 7.25. The van der Waals surface area contributed by atoms with Gasteiger partial charge in [0.1, 0.15) is 0 Å². The molecule has 0 aromatic carbocycles. The molecule has 0 bridgehead atoms. The van der Waals surface area contributed by atoms with Crippen molar-refractivity contribution < 1.29 is 9.53 Å². The number of methoxy groups -OCH3 is 1. The van der Waals surface area contributed by atoms with E-state index in [0.717, 1.165) is 18.0 Å². The quantitative estimate of drug-likeness (QED) is 0.735. The summed E-state index contributed by atoms with van der Waals surface area (Å²) in [4.78, 5) is 18.5. The summed E-state index contributed by atoms with van der Waals surface area (Å²) < 4.78 is 4.91. The van der Waals surface area contributed by atoms with E-state index < -0.39 is 0 Å². The first-order valence-electron chi connectivity index (χ1n) is 6.37. The Kier molecular flexibility index (Phi) is 4.32. The number of rotatable bonds is 4. The molecule has 0 aliphatic carbocycles. The number of fused-ring (bicyclic) bond motifs is 1. The number of nitrogens with zero attached hydrogens (tertiary/aromatic N) is 2. The largest absolute Gasteiger partial charge is 0.469 e. The Hall–Kier alpha value is -0.970. The third-order valence-electron chi connectivity index (χ3n) is 3.40. The molecule has 0 aromatic rings. The molecule has 100 valence electrons. The van der Waals surface area contributed by atoms with Gasteiger partial charge in [-0.1, -0.05) is 25.6 Å². The van der Waals surface area contributed by atoms with Crippen LogP contribution in [0.15, 0.2) is 16.6 Å². The summed E-state index contributed by atoms with van der Waals surface area (Å²) in [5.74, 6) is 0.363. The van der Waals surface area contributed by atoms with Crippen molar-refractivity contribution >= 4 is 22.9 Å². The SMILES string of the molecule is COC(=O)[C@@H]1CN=C2SC=CN2[C@@H]1CCC(C)C. The Morgan fingerprint density at radius 2 is 2.44 bits per heavy atom. The monoisotopic (exact) mass is 268 g/mol. The van der Waals surface area contributed by atoms with Crippen molar-refractivity contribution in [3.63, 3.8) is 0 Å². The lowest BCUT2D eigenvalue weighted by atomic mass is 9.91. The van der Waals surface area contributed by atoms with Crippen LogP contribution in [0.25, 0.3) is 0 Å². The number of amidine groups is 1. The van der Waals surface area contributed by atoms with Crippen molar-refractivity contribution in [2.24, 2.45) is 16.8 Å². The molecule has 0 aromatic heterocycles. The highest BCUT2D eigenvalue weighted by Crippen LogP contribution is 2.32. The standard InChI is InChI=1S/C13H20N2O2S/c1-9(2)4-5-11-10(12(16)17-3)8-14-13-15(11)6-7-18-13/h6-7,9-11H,4-5,8H2,1-3H3/t10-,11-/m1/s1. The molecule has 0 spiro atoms. The molecule has 2 atom stereocenters. The molecule has 0 N–H and O–H groups in total. The average Bonchev–Trinajstić information content (AvgIpc) is 2.83. The second-order valence-electron chi connectivity index (χ2n) is 5.10. The van der Waals surface area contributed by atoms with Crippen LogP contribution in [0.3, 0.4) is 0 Å². The van der Waals surface area contributed by atoms with Crippen LogP contribution < -0.4 is 0 Å². The van der Waals surface area contributed by atoms with Gasteiger partial charge in [0, 0.05) is 6.20 Å². The van der Waals surface area contributed by atoms with Gasteiger partial charge in [0.05, 0.1) is 25.6 Å². The normalized spacial score (nSPS) is 26.2. The highest BCUT2D eigenvalue weighted by Gasteiger charge is 2.38. The number of aliphatic imine (C=N–C) groups is 1. The fourth-order valence-electron chi connectivity index (χ4n) is 2.37. The van der Waals surface area contributed by atoms with Crippen molar-refractivity contribution in [2.45, 2.75) is 32.7 Å². The van der Waals surface area contributed by atoms with Crippen LogP contribution in [-0.2, 0) is 9.53 Å². The maximum Gasteiger partial charge on any atom is 0.312 e. The van der Waals surface area contributed by atoms with E-state index in [4.69, 9.17) is 4.74 Å². The fourth-order valence-corrected chi connectivity index (χ4v) is 3.15. The molecule has 0 unspecified atom stereocenters. The van der Waals surface area contributed by atoms with E-state index in [0.29, 0.717) is 12.5 Å². The lowest BCUT2D eigenvalue weighted by Crippen LogP contribution is -2.47. The molecule has 2 aliphatic heterocycles. The van der Waals surface area contributed by atoms with Crippen LogP contribution in [-0.4, -0.2) is 35.7 Å². The minimum absolute atomic E-state index is 0.138. The number of thioether (sulfide) groups is 1. The van der Waals surface area contributed by atoms with E-state index in [1.54, 1.807) is 11.8 Å².